The largest absolute Gasteiger partial charge is 0.497 e. The summed E-state index contributed by atoms with van der Waals surface area (Å²) in [6, 6.07) is 6.63. The van der Waals surface area contributed by atoms with Gasteiger partial charge in [-0.25, -0.2) is 4.98 Å². The molecule has 1 saturated heterocycles. The fourth-order valence-electron chi connectivity index (χ4n) is 2.98. The molecular weight excluding hydrogens is 377 g/mol. The van der Waals surface area contributed by atoms with Crippen LogP contribution >= 0.6 is 0 Å². The minimum absolute atomic E-state index is 0.115. The van der Waals surface area contributed by atoms with Gasteiger partial charge in [-0.2, -0.15) is 13.2 Å². The third-order valence-corrected chi connectivity index (χ3v) is 4.42. The Morgan fingerprint density at radius 2 is 1.96 bits per heavy atom. The number of hydrogen-bond acceptors (Lipinski definition) is 5. The molecular formula is C19H19F3N2O4. The number of amides is 1. The lowest BCUT2D eigenvalue weighted by Gasteiger charge is -2.19. The van der Waals surface area contributed by atoms with Gasteiger partial charge in [0, 0.05) is 31.3 Å². The van der Waals surface area contributed by atoms with E-state index < -0.39 is 17.8 Å². The van der Waals surface area contributed by atoms with Crippen molar-refractivity contribution in [3.8, 4) is 17.4 Å². The topological polar surface area (TPSA) is 60.9 Å². The predicted octanol–water partition coefficient (Wildman–Crippen LogP) is 3.41. The van der Waals surface area contributed by atoms with E-state index in [1.807, 2.05) is 0 Å². The average molecular weight is 396 g/mol. The first-order valence-corrected chi connectivity index (χ1v) is 8.53. The summed E-state index contributed by atoms with van der Waals surface area (Å²) in [6.07, 6.45) is -3.37. The molecule has 1 unspecified atom stereocenters. The Morgan fingerprint density at radius 3 is 2.64 bits per heavy atom. The SMILES string of the molecule is COc1ccc(C(=O)N2CCC(Oc3cc(C(F)(F)F)ccn3)C2)c(OC)c1. The number of methoxy groups -OCH3 is 2. The van der Waals surface area contributed by atoms with Crippen LogP contribution in [0, 0.1) is 0 Å². The Morgan fingerprint density at radius 1 is 1.18 bits per heavy atom. The van der Waals surface area contributed by atoms with E-state index in [9.17, 15) is 18.0 Å². The van der Waals surface area contributed by atoms with Gasteiger partial charge in [-0.3, -0.25) is 4.79 Å². The number of ether oxygens (including phenoxy) is 3. The lowest BCUT2D eigenvalue weighted by molar-refractivity contribution is -0.137. The molecule has 1 aromatic carbocycles. The second-order valence-corrected chi connectivity index (χ2v) is 6.23. The van der Waals surface area contributed by atoms with E-state index in [1.54, 1.807) is 23.1 Å². The summed E-state index contributed by atoms with van der Waals surface area (Å²) in [5, 5.41) is 0. The van der Waals surface area contributed by atoms with Gasteiger partial charge in [-0.1, -0.05) is 0 Å². The fraction of sp³-hybridized carbons (Fsp3) is 0.368. The van der Waals surface area contributed by atoms with Crippen LogP contribution in [0.1, 0.15) is 22.3 Å². The molecule has 1 aliphatic heterocycles. The first-order valence-electron chi connectivity index (χ1n) is 8.53. The maximum Gasteiger partial charge on any atom is 0.416 e. The number of nitrogens with zero attached hydrogens (tertiary/aromatic N) is 2. The highest BCUT2D eigenvalue weighted by atomic mass is 19.4. The van der Waals surface area contributed by atoms with Gasteiger partial charge in [0.15, 0.2) is 0 Å². The molecule has 0 bridgehead atoms. The van der Waals surface area contributed by atoms with Gasteiger partial charge < -0.3 is 19.1 Å². The summed E-state index contributed by atoms with van der Waals surface area (Å²) in [7, 11) is 2.97. The molecule has 1 aromatic heterocycles. The van der Waals surface area contributed by atoms with E-state index in [0.29, 0.717) is 30.0 Å². The molecule has 0 saturated carbocycles. The van der Waals surface area contributed by atoms with E-state index in [4.69, 9.17) is 14.2 Å². The number of aromatic nitrogens is 1. The number of halogens is 3. The molecule has 6 nitrogen and oxygen atoms in total. The van der Waals surface area contributed by atoms with Crippen LogP contribution in [-0.4, -0.2) is 49.2 Å². The molecule has 28 heavy (non-hydrogen) atoms. The van der Waals surface area contributed by atoms with Gasteiger partial charge in [-0.05, 0) is 18.2 Å². The number of pyridine rings is 1. The summed E-state index contributed by atoms with van der Waals surface area (Å²) in [4.78, 5) is 18.2. The summed E-state index contributed by atoms with van der Waals surface area (Å²) in [5.41, 5.74) is -0.451. The third kappa shape index (κ3) is 4.29. The van der Waals surface area contributed by atoms with E-state index in [1.165, 1.54) is 14.2 Å². The monoisotopic (exact) mass is 396 g/mol. The second-order valence-electron chi connectivity index (χ2n) is 6.23. The molecule has 2 heterocycles. The molecule has 0 spiro atoms. The van der Waals surface area contributed by atoms with Crippen LogP contribution in [-0.2, 0) is 6.18 Å². The Bertz CT molecular complexity index is 857. The zero-order valence-electron chi connectivity index (χ0n) is 15.3. The van der Waals surface area contributed by atoms with Crippen molar-refractivity contribution in [3.05, 3.63) is 47.7 Å². The lowest BCUT2D eigenvalue weighted by Crippen LogP contribution is -2.31. The summed E-state index contributed by atoms with van der Waals surface area (Å²) < 4.78 is 54.4. The molecule has 0 N–H and O–H groups in total. The Kier molecular flexibility index (Phi) is 5.62. The summed E-state index contributed by atoms with van der Waals surface area (Å²) in [6.45, 7) is 0.656. The van der Waals surface area contributed by atoms with Crippen LogP contribution in [0.25, 0.3) is 0 Å². The Hall–Kier alpha value is -2.97. The average Bonchev–Trinajstić information content (AvgIpc) is 3.15. The van der Waals surface area contributed by atoms with Crippen LogP contribution in [0.4, 0.5) is 13.2 Å². The smallest absolute Gasteiger partial charge is 0.416 e. The van der Waals surface area contributed by atoms with Gasteiger partial charge in [0.05, 0.1) is 31.9 Å². The molecule has 1 aliphatic rings. The number of likely N-dealkylation sites (tertiary alicyclic amines) is 1. The normalized spacial score (nSPS) is 16.8. The fourth-order valence-corrected chi connectivity index (χ4v) is 2.98. The van der Waals surface area contributed by atoms with Crippen LogP contribution in [0.15, 0.2) is 36.5 Å². The van der Waals surface area contributed by atoms with Gasteiger partial charge in [-0.15, -0.1) is 0 Å². The van der Waals surface area contributed by atoms with Gasteiger partial charge in [0.1, 0.15) is 17.6 Å². The molecule has 1 amide bonds. The van der Waals surface area contributed by atoms with Crippen LogP contribution in [0.3, 0.4) is 0 Å². The van der Waals surface area contributed by atoms with E-state index >= 15 is 0 Å². The van der Waals surface area contributed by atoms with Crippen molar-refractivity contribution in [1.82, 2.24) is 9.88 Å². The van der Waals surface area contributed by atoms with Gasteiger partial charge >= 0.3 is 6.18 Å². The van der Waals surface area contributed by atoms with Crippen LogP contribution in [0.5, 0.6) is 17.4 Å². The number of carbonyl (C=O) groups is 1. The van der Waals surface area contributed by atoms with Crippen molar-refractivity contribution in [2.45, 2.75) is 18.7 Å². The molecule has 2 aromatic rings. The van der Waals surface area contributed by atoms with Crippen molar-refractivity contribution in [1.29, 1.82) is 0 Å². The highest BCUT2D eigenvalue weighted by Gasteiger charge is 2.33. The van der Waals surface area contributed by atoms with Crippen molar-refractivity contribution < 1.29 is 32.2 Å². The quantitative estimate of drug-likeness (QED) is 0.775. The molecule has 3 rings (SSSR count). The molecule has 1 fully saturated rings. The van der Waals surface area contributed by atoms with Crippen LogP contribution in [0.2, 0.25) is 0 Å². The highest BCUT2D eigenvalue weighted by molar-refractivity contribution is 5.97. The van der Waals surface area contributed by atoms with Crippen molar-refractivity contribution in [2.24, 2.45) is 0 Å². The molecule has 0 aliphatic carbocycles. The van der Waals surface area contributed by atoms with Crippen molar-refractivity contribution in [2.75, 3.05) is 27.3 Å². The van der Waals surface area contributed by atoms with Gasteiger partial charge in [0.2, 0.25) is 5.88 Å². The second kappa shape index (κ2) is 7.95. The third-order valence-electron chi connectivity index (χ3n) is 4.42. The lowest BCUT2D eigenvalue weighted by atomic mass is 10.1. The maximum atomic E-state index is 12.8. The van der Waals surface area contributed by atoms with Crippen LogP contribution < -0.4 is 14.2 Å². The van der Waals surface area contributed by atoms with Crippen molar-refractivity contribution >= 4 is 5.91 Å². The number of rotatable bonds is 5. The van der Waals surface area contributed by atoms with E-state index in [0.717, 1.165) is 18.3 Å². The molecule has 150 valence electrons. The Balaban J connectivity index is 1.68. The molecule has 0 radical (unpaired) electrons. The highest BCUT2D eigenvalue weighted by Crippen LogP contribution is 2.31. The number of alkyl halides is 3. The molecule has 1 atom stereocenters. The minimum atomic E-state index is -4.47. The number of carbonyl (C=O) groups excluding carboxylic acids is 1. The first-order chi connectivity index (χ1) is 13.3. The van der Waals surface area contributed by atoms with Gasteiger partial charge in [0.25, 0.3) is 5.91 Å². The van der Waals surface area contributed by atoms with E-state index in [-0.39, 0.29) is 18.3 Å². The number of benzene rings is 1. The summed E-state index contributed by atoms with van der Waals surface area (Å²) >= 11 is 0. The number of hydrogen-bond donors (Lipinski definition) is 0. The minimum Gasteiger partial charge on any atom is -0.497 e. The standard InChI is InChI=1S/C19H19F3N2O4/c1-26-13-3-4-15(16(10-13)27-2)18(25)24-8-6-14(11-24)28-17-9-12(5-7-23-17)19(20,21)22/h3-5,7,9-10,14H,6,8,11H2,1-2H3. The summed E-state index contributed by atoms with van der Waals surface area (Å²) in [5.74, 6) is 0.582. The zero-order chi connectivity index (χ0) is 20.3. The maximum absolute atomic E-state index is 12.8. The predicted molar refractivity (Wildman–Crippen MR) is 93.7 cm³/mol. The zero-order valence-corrected chi connectivity index (χ0v) is 15.3. The first kappa shape index (κ1) is 19.8. The van der Waals surface area contributed by atoms with E-state index in [2.05, 4.69) is 4.98 Å². The molecule has 9 heteroatoms. The van der Waals surface area contributed by atoms with Crippen molar-refractivity contribution in [3.63, 3.8) is 0 Å². The Labute approximate surface area is 159 Å².